The molecule has 1 aliphatic rings. The molecule has 0 aliphatic heterocycles. The highest BCUT2D eigenvalue weighted by atomic mass is 15.3. The van der Waals surface area contributed by atoms with E-state index < -0.39 is 0 Å². The van der Waals surface area contributed by atoms with Gasteiger partial charge in [0.25, 0.3) is 0 Å². The van der Waals surface area contributed by atoms with Gasteiger partial charge in [-0.25, -0.2) is 0 Å². The lowest BCUT2D eigenvalue weighted by molar-refractivity contribution is 0.127. The molecule has 1 aromatic heterocycles. The Kier molecular flexibility index (Phi) is 4.67. The number of rotatable bonds is 7. The molecule has 0 atom stereocenters. The average molecular weight is 263 g/mol. The minimum atomic E-state index is 0.463. The van der Waals surface area contributed by atoms with Crippen molar-refractivity contribution in [1.82, 2.24) is 15.1 Å². The van der Waals surface area contributed by atoms with Crippen LogP contribution >= 0.6 is 0 Å². The number of hydrogen-bond donors (Lipinski definition) is 1. The number of hydrogen-bond acceptors (Lipinski definition) is 2. The molecule has 0 unspecified atom stereocenters. The summed E-state index contributed by atoms with van der Waals surface area (Å²) in [7, 11) is 0. The Bertz CT molecular complexity index is 388. The average Bonchev–Trinajstić information content (AvgIpc) is 2.73. The lowest BCUT2D eigenvalue weighted by atomic mass is 9.66. The van der Waals surface area contributed by atoms with E-state index in [4.69, 9.17) is 5.10 Å². The maximum Gasteiger partial charge on any atom is 0.0630 e. The van der Waals surface area contributed by atoms with Crippen molar-refractivity contribution in [2.45, 2.75) is 59.4 Å². The van der Waals surface area contributed by atoms with Crippen molar-refractivity contribution in [2.24, 2.45) is 11.3 Å². The van der Waals surface area contributed by atoms with Crippen LogP contribution in [-0.2, 0) is 6.42 Å². The first kappa shape index (κ1) is 14.6. The quantitative estimate of drug-likeness (QED) is 0.817. The van der Waals surface area contributed by atoms with E-state index in [0.717, 1.165) is 25.4 Å². The van der Waals surface area contributed by atoms with E-state index in [1.165, 1.54) is 25.0 Å². The van der Waals surface area contributed by atoms with Crippen molar-refractivity contribution < 1.29 is 0 Å². The summed E-state index contributed by atoms with van der Waals surface area (Å²) in [5.74, 6) is 0.734. The zero-order valence-corrected chi connectivity index (χ0v) is 12.9. The second-order valence-corrected chi connectivity index (χ2v) is 6.94. The molecule has 1 heterocycles. The molecule has 1 aromatic rings. The molecule has 0 bridgehead atoms. The van der Waals surface area contributed by atoms with Crippen LogP contribution in [0.5, 0.6) is 0 Å². The van der Waals surface area contributed by atoms with Gasteiger partial charge in [-0.15, -0.1) is 0 Å². The molecule has 1 N–H and O–H groups in total. The van der Waals surface area contributed by atoms with Gasteiger partial charge < -0.3 is 5.32 Å². The Hall–Kier alpha value is -0.830. The van der Waals surface area contributed by atoms with Crippen LogP contribution in [0, 0.1) is 11.3 Å². The van der Waals surface area contributed by atoms with Crippen LogP contribution in [0.3, 0.4) is 0 Å². The van der Waals surface area contributed by atoms with E-state index in [-0.39, 0.29) is 0 Å². The van der Waals surface area contributed by atoms with Gasteiger partial charge in [-0.3, -0.25) is 4.68 Å². The van der Waals surface area contributed by atoms with Crippen LogP contribution in [0.15, 0.2) is 12.3 Å². The standard InChI is InChI=1S/C16H29N3/c1-13(2)11-17-12-16(7-5-8-16)10-15-6-9-19(18-15)14(3)4/h6,9,13-14,17H,5,7-8,10-12H2,1-4H3. The van der Waals surface area contributed by atoms with Gasteiger partial charge in [-0.1, -0.05) is 20.3 Å². The fraction of sp³-hybridized carbons (Fsp3) is 0.812. The molecule has 0 amide bonds. The Morgan fingerprint density at radius 2 is 2.05 bits per heavy atom. The van der Waals surface area contributed by atoms with E-state index in [1.807, 2.05) is 0 Å². The Morgan fingerprint density at radius 1 is 1.32 bits per heavy atom. The zero-order chi connectivity index (χ0) is 13.9. The van der Waals surface area contributed by atoms with E-state index in [0.29, 0.717) is 11.5 Å². The zero-order valence-electron chi connectivity index (χ0n) is 12.9. The molecule has 1 fully saturated rings. The van der Waals surface area contributed by atoms with Gasteiger partial charge in [0, 0.05) is 18.8 Å². The summed E-state index contributed by atoms with van der Waals surface area (Å²) >= 11 is 0. The van der Waals surface area contributed by atoms with Gasteiger partial charge in [0.1, 0.15) is 0 Å². The fourth-order valence-corrected chi connectivity index (χ4v) is 2.86. The van der Waals surface area contributed by atoms with E-state index in [9.17, 15) is 0 Å². The van der Waals surface area contributed by atoms with Crippen LogP contribution in [0.4, 0.5) is 0 Å². The van der Waals surface area contributed by atoms with Crippen molar-refractivity contribution in [3.63, 3.8) is 0 Å². The highest BCUT2D eigenvalue weighted by Crippen LogP contribution is 2.43. The molecular formula is C16H29N3. The van der Waals surface area contributed by atoms with Gasteiger partial charge in [0.15, 0.2) is 0 Å². The smallest absolute Gasteiger partial charge is 0.0630 e. The first-order valence-electron chi connectivity index (χ1n) is 7.75. The maximum absolute atomic E-state index is 4.71. The molecule has 0 spiro atoms. The number of nitrogens with zero attached hydrogens (tertiary/aromatic N) is 2. The first-order chi connectivity index (χ1) is 9.01. The van der Waals surface area contributed by atoms with Crippen LogP contribution in [-0.4, -0.2) is 22.9 Å². The largest absolute Gasteiger partial charge is 0.316 e. The Balaban J connectivity index is 1.90. The summed E-state index contributed by atoms with van der Waals surface area (Å²) in [6.45, 7) is 11.2. The van der Waals surface area contributed by atoms with Crippen molar-refractivity contribution in [2.75, 3.05) is 13.1 Å². The van der Waals surface area contributed by atoms with Crippen molar-refractivity contribution in [3.8, 4) is 0 Å². The van der Waals surface area contributed by atoms with Crippen molar-refractivity contribution in [3.05, 3.63) is 18.0 Å². The minimum Gasteiger partial charge on any atom is -0.316 e. The topological polar surface area (TPSA) is 29.9 Å². The van der Waals surface area contributed by atoms with Crippen LogP contribution in [0.25, 0.3) is 0 Å². The van der Waals surface area contributed by atoms with E-state index >= 15 is 0 Å². The predicted molar refractivity (Wildman–Crippen MR) is 80.3 cm³/mol. The summed E-state index contributed by atoms with van der Waals surface area (Å²) in [5, 5.41) is 8.35. The molecular weight excluding hydrogens is 234 g/mol. The van der Waals surface area contributed by atoms with Crippen LogP contribution in [0.1, 0.15) is 58.7 Å². The highest BCUT2D eigenvalue weighted by molar-refractivity contribution is 5.06. The normalized spacial score (nSPS) is 18.0. The molecule has 0 aromatic carbocycles. The Morgan fingerprint density at radius 3 is 2.53 bits per heavy atom. The second-order valence-electron chi connectivity index (χ2n) is 6.94. The number of nitrogens with one attached hydrogen (secondary N) is 1. The predicted octanol–water partition coefficient (Wildman–Crippen LogP) is 3.42. The molecule has 3 nitrogen and oxygen atoms in total. The molecule has 0 saturated heterocycles. The van der Waals surface area contributed by atoms with Gasteiger partial charge in [0.2, 0.25) is 0 Å². The molecule has 108 valence electrons. The van der Waals surface area contributed by atoms with Crippen molar-refractivity contribution >= 4 is 0 Å². The van der Waals surface area contributed by atoms with Crippen molar-refractivity contribution in [1.29, 1.82) is 0 Å². The molecule has 1 saturated carbocycles. The Labute approximate surface area is 117 Å². The molecule has 3 heteroatoms. The third-order valence-corrected chi connectivity index (χ3v) is 4.22. The van der Waals surface area contributed by atoms with Gasteiger partial charge in [0.05, 0.1) is 5.69 Å². The third-order valence-electron chi connectivity index (χ3n) is 4.22. The second kappa shape index (κ2) is 6.08. The lowest BCUT2D eigenvalue weighted by Gasteiger charge is -2.42. The van der Waals surface area contributed by atoms with Crippen LogP contribution < -0.4 is 5.32 Å². The van der Waals surface area contributed by atoms with Gasteiger partial charge >= 0.3 is 0 Å². The third kappa shape index (κ3) is 3.82. The van der Waals surface area contributed by atoms with Crippen LogP contribution in [0.2, 0.25) is 0 Å². The number of aromatic nitrogens is 2. The fourth-order valence-electron chi connectivity index (χ4n) is 2.86. The monoisotopic (exact) mass is 263 g/mol. The lowest BCUT2D eigenvalue weighted by Crippen LogP contribution is -2.42. The molecule has 19 heavy (non-hydrogen) atoms. The molecule has 1 aliphatic carbocycles. The first-order valence-corrected chi connectivity index (χ1v) is 7.75. The molecule has 0 radical (unpaired) electrons. The molecule has 2 rings (SSSR count). The summed E-state index contributed by atoms with van der Waals surface area (Å²) < 4.78 is 2.07. The summed E-state index contributed by atoms with van der Waals surface area (Å²) in [6, 6.07) is 2.66. The van der Waals surface area contributed by atoms with Gasteiger partial charge in [-0.2, -0.15) is 5.10 Å². The summed E-state index contributed by atoms with van der Waals surface area (Å²) in [5.41, 5.74) is 1.74. The van der Waals surface area contributed by atoms with Gasteiger partial charge in [-0.05, 0) is 57.1 Å². The van der Waals surface area contributed by atoms with E-state index in [2.05, 4.69) is 50.0 Å². The van der Waals surface area contributed by atoms with E-state index in [1.54, 1.807) is 0 Å². The maximum atomic E-state index is 4.71. The summed E-state index contributed by atoms with van der Waals surface area (Å²) in [6.07, 6.45) is 7.35. The minimum absolute atomic E-state index is 0.463. The highest BCUT2D eigenvalue weighted by Gasteiger charge is 2.37. The SMILES string of the molecule is CC(C)CNCC1(Cc2ccn(C(C)C)n2)CCC1. The summed E-state index contributed by atoms with van der Waals surface area (Å²) in [4.78, 5) is 0.